The van der Waals surface area contributed by atoms with Gasteiger partial charge in [-0.15, -0.1) is 0 Å². The van der Waals surface area contributed by atoms with Crippen molar-refractivity contribution in [1.82, 2.24) is 0 Å². The van der Waals surface area contributed by atoms with Gasteiger partial charge < -0.3 is 9.84 Å². The van der Waals surface area contributed by atoms with E-state index in [4.69, 9.17) is 4.74 Å². The Labute approximate surface area is 78.2 Å². The highest BCUT2D eigenvalue weighted by molar-refractivity contribution is 5.49. The fraction of sp³-hybridized carbons (Fsp3) is 0.455. The summed E-state index contributed by atoms with van der Waals surface area (Å²) in [5.41, 5.74) is 3.27. The fourth-order valence-corrected chi connectivity index (χ4v) is 1.70. The van der Waals surface area contributed by atoms with Gasteiger partial charge in [-0.05, 0) is 31.9 Å². The average molecular weight is 178 g/mol. The lowest BCUT2D eigenvalue weighted by Crippen LogP contribution is -2.12. The van der Waals surface area contributed by atoms with Crippen LogP contribution in [0.1, 0.15) is 29.7 Å². The van der Waals surface area contributed by atoms with Crippen LogP contribution in [0.5, 0.6) is 5.75 Å². The van der Waals surface area contributed by atoms with Crippen LogP contribution in [0.3, 0.4) is 0 Å². The molecule has 2 rings (SSSR count). The summed E-state index contributed by atoms with van der Waals surface area (Å²) < 4.78 is 5.58. The maximum atomic E-state index is 9.74. The van der Waals surface area contributed by atoms with Crippen molar-refractivity contribution in [3.8, 4) is 5.75 Å². The quantitative estimate of drug-likeness (QED) is 0.659. The van der Waals surface area contributed by atoms with Gasteiger partial charge in [-0.1, -0.05) is 12.1 Å². The molecular formula is C11H14O2. The molecule has 0 saturated carbocycles. The maximum absolute atomic E-state index is 9.74. The molecule has 0 bridgehead atoms. The molecule has 2 nitrogen and oxygen atoms in total. The van der Waals surface area contributed by atoms with Crippen molar-refractivity contribution < 1.29 is 9.84 Å². The summed E-state index contributed by atoms with van der Waals surface area (Å²) in [6, 6.07) is 3.98. The minimum absolute atomic E-state index is 0.115. The van der Waals surface area contributed by atoms with Crippen LogP contribution in [-0.2, 0) is 0 Å². The number of rotatable bonds is 0. The van der Waals surface area contributed by atoms with Gasteiger partial charge in [0.1, 0.15) is 18.0 Å². The Morgan fingerprint density at radius 1 is 1.31 bits per heavy atom. The molecule has 2 unspecified atom stereocenters. The lowest BCUT2D eigenvalue weighted by Gasteiger charge is -2.07. The summed E-state index contributed by atoms with van der Waals surface area (Å²) in [4.78, 5) is 0. The van der Waals surface area contributed by atoms with Crippen LogP contribution in [-0.4, -0.2) is 11.2 Å². The Hall–Kier alpha value is -1.02. The zero-order valence-corrected chi connectivity index (χ0v) is 8.16. The Bertz CT molecular complexity index is 344. The van der Waals surface area contributed by atoms with Crippen molar-refractivity contribution in [2.24, 2.45) is 0 Å². The molecule has 13 heavy (non-hydrogen) atoms. The zero-order valence-electron chi connectivity index (χ0n) is 8.16. The number of hydrogen-bond donors (Lipinski definition) is 1. The molecular weight excluding hydrogens is 164 g/mol. The van der Waals surface area contributed by atoms with Gasteiger partial charge >= 0.3 is 0 Å². The molecule has 0 amide bonds. The molecule has 0 spiro atoms. The third-order valence-corrected chi connectivity index (χ3v) is 2.77. The predicted molar refractivity (Wildman–Crippen MR) is 51.0 cm³/mol. The van der Waals surface area contributed by atoms with Crippen molar-refractivity contribution in [3.05, 3.63) is 28.8 Å². The van der Waals surface area contributed by atoms with Gasteiger partial charge in [-0.2, -0.15) is 0 Å². The SMILES string of the molecule is Cc1ccc2c(c1C)OC(C)C2O. The van der Waals surface area contributed by atoms with E-state index in [0.717, 1.165) is 16.9 Å². The van der Waals surface area contributed by atoms with E-state index in [1.807, 2.05) is 32.9 Å². The number of benzene rings is 1. The van der Waals surface area contributed by atoms with E-state index in [1.165, 1.54) is 5.56 Å². The molecule has 0 saturated heterocycles. The summed E-state index contributed by atoms with van der Waals surface area (Å²) in [6.07, 6.45) is -0.579. The molecule has 0 aliphatic carbocycles. The molecule has 0 fully saturated rings. The minimum Gasteiger partial charge on any atom is -0.487 e. The van der Waals surface area contributed by atoms with Gasteiger partial charge in [0.25, 0.3) is 0 Å². The monoisotopic (exact) mass is 178 g/mol. The van der Waals surface area contributed by atoms with Crippen LogP contribution in [0.25, 0.3) is 0 Å². The molecule has 2 atom stereocenters. The van der Waals surface area contributed by atoms with Crippen molar-refractivity contribution in [3.63, 3.8) is 0 Å². The lowest BCUT2D eigenvalue weighted by atomic mass is 10.0. The molecule has 1 heterocycles. The van der Waals surface area contributed by atoms with E-state index >= 15 is 0 Å². The Balaban J connectivity index is 2.57. The number of fused-ring (bicyclic) bond motifs is 1. The fourth-order valence-electron chi connectivity index (χ4n) is 1.70. The summed E-state index contributed by atoms with van der Waals surface area (Å²) >= 11 is 0. The number of aryl methyl sites for hydroxylation is 1. The summed E-state index contributed by atoms with van der Waals surface area (Å²) in [7, 11) is 0. The summed E-state index contributed by atoms with van der Waals surface area (Å²) in [5.74, 6) is 0.875. The second-order valence-corrected chi connectivity index (χ2v) is 3.69. The smallest absolute Gasteiger partial charge is 0.128 e. The van der Waals surface area contributed by atoms with Gasteiger partial charge in [-0.3, -0.25) is 0 Å². The number of aliphatic hydroxyl groups excluding tert-OH is 1. The third kappa shape index (κ3) is 1.13. The Morgan fingerprint density at radius 3 is 2.69 bits per heavy atom. The first kappa shape index (κ1) is 8.57. The third-order valence-electron chi connectivity index (χ3n) is 2.77. The van der Waals surface area contributed by atoms with Crippen molar-refractivity contribution in [1.29, 1.82) is 0 Å². The normalized spacial score (nSPS) is 25.5. The molecule has 1 N–H and O–H groups in total. The molecule has 1 aliphatic rings. The minimum atomic E-state index is -0.464. The highest BCUT2D eigenvalue weighted by Gasteiger charge is 2.30. The van der Waals surface area contributed by atoms with E-state index in [2.05, 4.69) is 0 Å². The highest BCUT2D eigenvalue weighted by Crippen LogP contribution is 2.39. The second-order valence-electron chi connectivity index (χ2n) is 3.69. The molecule has 1 aromatic rings. The van der Waals surface area contributed by atoms with Crippen LogP contribution >= 0.6 is 0 Å². The first-order chi connectivity index (χ1) is 6.11. The van der Waals surface area contributed by atoms with Gasteiger partial charge in [0.05, 0.1) is 0 Å². The Morgan fingerprint density at radius 2 is 2.00 bits per heavy atom. The van der Waals surface area contributed by atoms with Gasteiger partial charge in [0, 0.05) is 5.56 Å². The Kier molecular flexibility index (Phi) is 1.81. The maximum Gasteiger partial charge on any atom is 0.128 e. The summed E-state index contributed by atoms with van der Waals surface area (Å²) in [5, 5.41) is 9.74. The van der Waals surface area contributed by atoms with Gasteiger partial charge in [0.2, 0.25) is 0 Å². The highest BCUT2D eigenvalue weighted by atomic mass is 16.5. The topological polar surface area (TPSA) is 29.5 Å². The first-order valence-electron chi connectivity index (χ1n) is 4.56. The first-order valence-corrected chi connectivity index (χ1v) is 4.56. The van der Waals surface area contributed by atoms with Crippen molar-refractivity contribution >= 4 is 0 Å². The predicted octanol–water partition coefficient (Wildman–Crippen LogP) is 2.12. The molecule has 1 aliphatic heterocycles. The molecule has 0 aromatic heterocycles. The van der Waals surface area contributed by atoms with Crippen molar-refractivity contribution in [2.45, 2.75) is 33.0 Å². The van der Waals surface area contributed by atoms with Crippen LogP contribution in [0.4, 0.5) is 0 Å². The van der Waals surface area contributed by atoms with E-state index < -0.39 is 6.10 Å². The van der Waals surface area contributed by atoms with Crippen molar-refractivity contribution in [2.75, 3.05) is 0 Å². The van der Waals surface area contributed by atoms with Crippen LogP contribution in [0, 0.1) is 13.8 Å². The zero-order chi connectivity index (χ0) is 9.59. The van der Waals surface area contributed by atoms with Gasteiger partial charge in [0.15, 0.2) is 0 Å². The molecule has 70 valence electrons. The molecule has 0 radical (unpaired) electrons. The number of hydrogen-bond acceptors (Lipinski definition) is 2. The number of aliphatic hydroxyl groups is 1. The second kappa shape index (κ2) is 2.74. The van der Waals surface area contributed by atoms with Crippen LogP contribution in [0.2, 0.25) is 0 Å². The number of ether oxygens (including phenoxy) is 1. The summed E-state index contributed by atoms with van der Waals surface area (Å²) in [6.45, 7) is 5.96. The van der Waals surface area contributed by atoms with E-state index in [9.17, 15) is 5.11 Å². The van der Waals surface area contributed by atoms with Gasteiger partial charge in [-0.25, -0.2) is 0 Å². The van der Waals surface area contributed by atoms with E-state index in [0.29, 0.717) is 0 Å². The molecule has 2 heteroatoms. The standard InChI is InChI=1S/C11H14O2/c1-6-4-5-9-10(12)8(3)13-11(9)7(6)2/h4-5,8,10,12H,1-3H3. The largest absolute Gasteiger partial charge is 0.487 e. The molecule has 1 aromatic carbocycles. The van der Waals surface area contributed by atoms with Crippen LogP contribution < -0.4 is 4.74 Å². The lowest BCUT2D eigenvalue weighted by molar-refractivity contribution is 0.0793. The van der Waals surface area contributed by atoms with E-state index in [1.54, 1.807) is 0 Å². The average Bonchev–Trinajstić information content (AvgIpc) is 2.38. The van der Waals surface area contributed by atoms with E-state index in [-0.39, 0.29) is 6.10 Å². The van der Waals surface area contributed by atoms with Crippen LogP contribution in [0.15, 0.2) is 12.1 Å².